The highest BCUT2D eigenvalue weighted by atomic mass is 32.2. The summed E-state index contributed by atoms with van der Waals surface area (Å²) in [5.74, 6) is 0.0650. The van der Waals surface area contributed by atoms with Crippen LogP contribution < -0.4 is 0 Å². The van der Waals surface area contributed by atoms with Crippen molar-refractivity contribution in [1.82, 2.24) is 14.7 Å². The van der Waals surface area contributed by atoms with Gasteiger partial charge in [0.15, 0.2) is 9.84 Å². The Balaban J connectivity index is 1.45. The summed E-state index contributed by atoms with van der Waals surface area (Å²) in [4.78, 5) is 17.8. The molecular weight excluding hydrogens is 444 g/mol. The molecule has 2 aliphatic heterocycles. The average Bonchev–Trinajstić information content (AvgIpc) is 2.72. The Bertz CT molecular complexity index is 954. The number of amides is 1. The molecule has 2 unspecified atom stereocenters. The lowest BCUT2D eigenvalue weighted by Crippen LogP contribution is -2.60. The standard InChI is InChI=1S/C23H34N4O5S/c1-23(2,3)27(22(28)29)11-10-26-16-19-14-25(15-20(17-26)32-19)9-4-12-33(30,31)21-7-5-18(13-24)6-8-21/h5-8,19-20H,4,9-12,14-17H2,1-3H3,(H,28,29). The summed E-state index contributed by atoms with van der Waals surface area (Å²) in [5.41, 5.74) is 0.0000174. The number of nitriles is 1. The Morgan fingerprint density at radius 3 is 2.15 bits per heavy atom. The molecule has 0 radical (unpaired) electrons. The third-order valence-corrected chi connectivity index (χ3v) is 7.96. The lowest BCUT2D eigenvalue weighted by Gasteiger charge is -2.46. The molecule has 0 aromatic heterocycles. The van der Waals surface area contributed by atoms with Gasteiger partial charge >= 0.3 is 6.09 Å². The zero-order valence-corrected chi connectivity index (χ0v) is 20.4. The van der Waals surface area contributed by atoms with Crippen LogP contribution in [0.1, 0.15) is 32.8 Å². The van der Waals surface area contributed by atoms with Crippen molar-refractivity contribution in [1.29, 1.82) is 5.26 Å². The molecule has 2 bridgehead atoms. The van der Waals surface area contributed by atoms with Crippen LogP contribution in [0.4, 0.5) is 4.79 Å². The van der Waals surface area contributed by atoms with Crippen molar-refractivity contribution in [3.8, 4) is 6.07 Å². The Hall–Kier alpha value is -2.19. The average molecular weight is 479 g/mol. The van der Waals surface area contributed by atoms with Crippen molar-refractivity contribution < 1.29 is 23.1 Å². The van der Waals surface area contributed by atoms with E-state index in [1.807, 2.05) is 26.8 Å². The number of carboxylic acid groups (broad SMARTS) is 1. The van der Waals surface area contributed by atoms with E-state index in [-0.39, 0.29) is 22.9 Å². The van der Waals surface area contributed by atoms with Crippen molar-refractivity contribution in [2.45, 2.75) is 49.8 Å². The van der Waals surface area contributed by atoms with Crippen LogP contribution in [-0.2, 0) is 14.6 Å². The number of fused-ring (bicyclic) bond motifs is 2. The van der Waals surface area contributed by atoms with Gasteiger partial charge in [-0.2, -0.15) is 5.26 Å². The first-order valence-corrected chi connectivity index (χ1v) is 13.0. The van der Waals surface area contributed by atoms with Gasteiger partial charge in [0.2, 0.25) is 0 Å². The van der Waals surface area contributed by atoms with Gasteiger partial charge in [0.1, 0.15) is 0 Å². The fourth-order valence-corrected chi connectivity index (χ4v) is 5.81. The largest absolute Gasteiger partial charge is 0.465 e. The zero-order chi connectivity index (χ0) is 24.2. The van der Waals surface area contributed by atoms with Crippen LogP contribution in [0.15, 0.2) is 29.2 Å². The van der Waals surface area contributed by atoms with Crippen molar-refractivity contribution in [2.75, 3.05) is 51.6 Å². The molecule has 3 rings (SSSR count). The molecule has 1 amide bonds. The van der Waals surface area contributed by atoms with E-state index in [0.717, 1.165) is 26.2 Å². The van der Waals surface area contributed by atoms with Gasteiger partial charge < -0.3 is 14.7 Å². The second kappa shape index (κ2) is 10.4. The number of morpholine rings is 2. The van der Waals surface area contributed by atoms with E-state index in [1.165, 1.54) is 29.2 Å². The van der Waals surface area contributed by atoms with E-state index in [2.05, 4.69) is 9.80 Å². The van der Waals surface area contributed by atoms with Gasteiger partial charge in [-0.25, -0.2) is 13.2 Å². The minimum absolute atomic E-state index is 0.0422. The minimum Gasteiger partial charge on any atom is -0.465 e. The first-order valence-electron chi connectivity index (χ1n) is 11.3. The molecule has 0 aliphatic carbocycles. The topological polar surface area (TPSA) is 114 Å². The first-order chi connectivity index (χ1) is 15.5. The maximum atomic E-state index is 12.6. The summed E-state index contributed by atoms with van der Waals surface area (Å²) in [5, 5.41) is 18.4. The Morgan fingerprint density at radius 1 is 1.12 bits per heavy atom. The predicted octanol–water partition coefficient (Wildman–Crippen LogP) is 1.89. The van der Waals surface area contributed by atoms with Crippen LogP contribution in [0.3, 0.4) is 0 Å². The van der Waals surface area contributed by atoms with E-state index in [0.29, 0.717) is 31.6 Å². The summed E-state index contributed by atoms with van der Waals surface area (Å²) >= 11 is 0. The molecule has 33 heavy (non-hydrogen) atoms. The minimum atomic E-state index is -3.38. The van der Waals surface area contributed by atoms with Crippen molar-refractivity contribution >= 4 is 15.9 Å². The van der Waals surface area contributed by atoms with Gasteiger partial charge in [0.25, 0.3) is 0 Å². The highest BCUT2D eigenvalue weighted by Crippen LogP contribution is 2.21. The zero-order valence-electron chi connectivity index (χ0n) is 19.6. The van der Waals surface area contributed by atoms with Crippen LogP contribution in [0.25, 0.3) is 0 Å². The number of carbonyl (C=O) groups is 1. The van der Waals surface area contributed by atoms with E-state index >= 15 is 0 Å². The molecule has 9 nitrogen and oxygen atoms in total. The van der Waals surface area contributed by atoms with Crippen LogP contribution >= 0.6 is 0 Å². The summed E-state index contributed by atoms with van der Waals surface area (Å²) in [7, 11) is -3.38. The van der Waals surface area contributed by atoms with Crippen LogP contribution in [-0.4, -0.2) is 104 Å². The van der Waals surface area contributed by atoms with E-state index in [9.17, 15) is 18.3 Å². The molecule has 1 aromatic carbocycles. The summed E-state index contributed by atoms with van der Waals surface area (Å²) in [6, 6.07) is 8.03. The second-order valence-corrected chi connectivity index (χ2v) is 11.9. The van der Waals surface area contributed by atoms with E-state index in [4.69, 9.17) is 10.00 Å². The monoisotopic (exact) mass is 478 g/mol. The SMILES string of the molecule is CC(C)(C)N(CCN1CC2CN(CCCS(=O)(=O)c3ccc(C#N)cc3)CC(C1)O2)C(=O)O. The molecular formula is C23H34N4O5S. The van der Waals surface area contributed by atoms with Crippen molar-refractivity contribution in [3.63, 3.8) is 0 Å². The molecule has 1 aromatic rings. The highest BCUT2D eigenvalue weighted by molar-refractivity contribution is 7.91. The third-order valence-electron chi connectivity index (χ3n) is 6.14. The molecule has 0 spiro atoms. The molecule has 1 N–H and O–H groups in total. The number of benzene rings is 1. The second-order valence-electron chi connectivity index (χ2n) is 9.81. The fourth-order valence-electron chi connectivity index (χ4n) is 4.52. The Labute approximate surface area is 196 Å². The number of sulfone groups is 1. The normalized spacial score (nSPS) is 22.0. The van der Waals surface area contributed by atoms with Crippen molar-refractivity contribution in [2.24, 2.45) is 0 Å². The van der Waals surface area contributed by atoms with Crippen LogP contribution in [0.2, 0.25) is 0 Å². The molecule has 182 valence electrons. The molecule has 2 saturated heterocycles. The third kappa shape index (κ3) is 6.90. The summed E-state index contributed by atoms with van der Waals surface area (Å²) < 4.78 is 31.2. The molecule has 2 fully saturated rings. The predicted molar refractivity (Wildman–Crippen MR) is 124 cm³/mol. The maximum Gasteiger partial charge on any atom is 0.407 e. The fraction of sp³-hybridized carbons (Fsp3) is 0.652. The number of rotatable bonds is 8. The molecule has 2 aliphatic rings. The van der Waals surface area contributed by atoms with Gasteiger partial charge in [-0.15, -0.1) is 0 Å². The van der Waals surface area contributed by atoms with Crippen LogP contribution in [0.5, 0.6) is 0 Å². The summed E-state index contributed by atoms with van der Waals surface area (Å²) in [6.45, 7) is 10.5. The van der Waals surface area contributed by atoms with Gasteiger partial charge in [-0.05, 0) is 58.0 Å². The van der Waals surface area contributed by atoms with E-state index in [1.54, 1.807) is 0 Å². The quantitative estimate of drug-likeness (QED) is 0.602. The molecule has 2 heterocycles. The lowest BCUT2D eigenvalue weighted by atomic mass is 10.1. The molecule has 2 atom stereocenters. The Morgan fingerprint density at radius 2 is 1.67 bits per heavy atom. The van der Waals surface area contributed by atoms with Crippen LogP contribution in [0, 0.1) is 11.3 Å². The van der Waals surface area contributed by atoms with Crippen molar-refractivity contribution in [3.05, 3.63) is 29.8 Å². The molecule has 10 heteroatoms. The number of hydrogen-bond acceptors (Lipinski definition) is 7. The van der Waals surface area contributed by atoms with Gasteiger partial charge in [-0.3, -0.25) is 9.80 Å². The number of ether oxygens (including phenoxy) is 1. The van der Waals surface area contributed by atoms with Gasteiger partial charge in [0, 0.05) is 44.8 Å². The van der Waals surface area contributed by atoms with Gasteiger partial charge in [-0.1, -0.05) is 0 Å². The number of hydrogen-bond donors (Lipinski definition) is 1. The highest BCUT2D eigenvalue weighted by Gasteiger charge is 2.35. The molecule has 0 saturated carbocycles. The maximum absolute atomic E-state index is 12.6. The van der Waals surface area contributed by atoms with Gasteiger partial charge in [0.05, 0.1) is 34.5 Å². The van der Waals surface area contributed by atoms with E-state index < -0.39 is 21.5 Å². The summed E-state index contributed by atoms with van der Waals surface area (Å²) in [6.07, 6.45) is -0.288. The number of nitrogens with zero attached hydrogens (tertiary/aromatic N) is 4. The lowest BCUT2D eigenvalue weighted by molar-refractivity contribution is -0.139. The Kier molecular flexibility index (Phi) is 8.00. The first kappa shape index (κ1) is 25.4. The smallest absolute Gasteiger partial charge is 0.407 e.